The quantitative estimate of drug-likeness (QED) is 0.485. The van der Waals surface area contributed by atoms with Crippen LogP contribution in [0.15, 0.2) is 0 Å². The molecule has 0 amide bonds. The fraction of sp³-hybridized carbons (Fsp3) is 0.875. The maximum atomic E-state index is 12.7. The summed E-state index contributed by atoms with van der Waals surface area (Å²) in [5, 5.41) is 0. The first-order valence-electron chi connectivity index (χ1n) is 11.7. The molecule has 0 aromatic heterocycles. The van der Waals surface area contributed by atoms with Crippen molar-refractivity contribution in [3.8, 4) is 0 Å². The van der Waals surface area contributed by atoms with E-state index in [-0.39, 0.29) is 40.5 Å². The van der Waals surface area contributed by atoms with Crippen molar-refractivity contribution in [2.45, 2.75) is 91.8 Å². The Balaban J connectivity index is 1.70. The maximum Gasteiger partial charge on any atom is 0.311 e. The van der Waals surface area contributed by atoms with Crippen LogP contribution in [-0.2, 0) is 33.3 Å². The minimum absolute atomic E-state index is 0.0222. The summed E-state index contributed by atoms with van der Waals surface area (Å²) in [5.41, 5.74) is -0.678. The van der Waals surface area contributed by atoms with Gasteiger partial charge in [-0.05, 0) is 54.8 Å². The highest BCUT2D eigenvalue weighted by Gasteiger charge is 2.79. The molecule has 2 heterocycles. The fourth-order valence-electron chi connectivity index (χ4n) is 8.71. The molecule has 0 N–H and O–H groups in total. The Hall–Kier alpha value is -1.63. The van der Waals surface area contributed by atoms with Gasteiger partial charge in [0.05, 0.1) is 17.3 Å². The van der Waals surface area contributed by atoms with Crippen LogP contribution < -0.4 is 0 Å². The van der Waals surface area contributed by atoms with E-state index in [4.69, 9.17) is 18.9 Å². The molecule has 5 aliphatic rings. The van der Waals surface area contributed by atoms with Gasteiger partial charge in [-0.3, -0.25) is 14.4 Å². The summed E-state index contributed by atoms with van der Waals surface area (Å²) in [6, 6.07) is 0. The van der Waals surface area contributed by atoms with Crippen molar-refractivity contribution in [2.75, 3.05) is 0 Å². The van der Waals surface area contributed by atoms with Gasteiger partial charge in [0.2, 0.25) is 12.6 Å². The Kier molecular flexibility index (Phi) is 4.58. The predicted octanol–water partition coefficient (Wildman–Crippen LogP) is 3.59. The fourth-order valence-corrected chi connectivity index (χ4v) is 8.71. The Labute approximate surface area is 183 Å². The zero-order valence-electron chi connectivity index (χ0n) is 19.1. The molecule has 5 rings (SSSR count). The second kappa shape index (κ2) is 6.69. The Morgan fingerprint density at radius 2 is 1.71 bits per heavy atom. The van der Waals surface area contributed by atoms with E-state index in [1.807, 2.05) is 0 Å². The van der Waals surface area contributed by atoms with E-state index in [1.54, 1.807) is 0 Å². The van der Waals surface area contributed by atoms with E-state index in [2.05, 4.69) is 20.8 Å². The first-order valence-corrected chi connectivity index (χ1v) is 11.7. The van der Waals surface area contributed by atoms with Crippen LogP contribution in [-0.4, -0.2) is 36.6 Å². The molecule has 0 bridgehead atoms. The summed E-state index contributed by atoms with van der Waals surface area (Å²) in [7, 11) is 0. The predicted molar refractivity (Wildman–Crippen MR) is 108 cm³/mol. The number of ether oxygens (including phenoxy) is 4. The molecular weight excluding hydrogens is 400 g/mol. The minimum atomic E-state index is -0.881. The van der Waals surface area contributed by atoms with Crippen LogP contribution in [0.25, 0.3) is 0 Å². The second-order valence-electron chi connectivity index (χ2n) is 11.4. The molecule has 0 aromatic rings. The topological polar surface area (TPSA) is 88.1 Å². The lowest BCUT2D eigenvalue weighted by Gasteiger charge is -2.67. The molecule has 172 valence electrons. The first-order chi connectivity index (χ1) is 14.5. The third-order valence-corrected chi connectivity index (χ3v) is 9.54. The Bertz CT molecular complexity index is 821. The summed E-state index contributed by atoms with van der Waals surface area (Å²) < 4.78 is 23.6. The van der Waals surface area contributed by atoms with E-state index in [9.17, 15) is 14.4 Å². The van der Waals surface area contributed by atoms with Gasteiger partial charge in [0.15, 0.2) is 0 Å². The van der Waals surface area contributed by atoms with E-state index in [0.29, 0.717) is 12.3 Å². The molecule has 0 aromatic carbocycles. The minimum Gasteiger partial charge on any atom is -0.462 e. The van der Waals surface area contributed by atoms with Crippen molar-refractivity contribution in [2.24, 2.45) is 39.9 Å². The van der Waals surface area contributed by atoms with Gasteiger partial charge < -0.3 is 18.9 Å². The van der Waals surface area contributed by atoms with Crippen LogP contribution in [0, 0.1) is 39.9 Å². The molecule has 7 heteroatoms. The van der Waals surface area contributed by atoms with E-state index in [1.165, 1.54) is 13.8 Å². The van der Waals surface area contributed by atoms with E-state index in [0.717, 1.165) is 32.1 Å². The average molecular weight is 435 g/mol. The van der Waals surface area contributed by atoms with Crippen LogP contribution >= 0.6 is 0 Å². The summed E-state index contributed by atoms with van der Waals surface area (Å²) in [6.07, 6.45) is 3.46. The van der Waals surface area contributed by atoms with Crippen molar-refractivity contribution in [1.82, 2.24) is 0 Å². The summed E-state index contributed by atoms with van der Waals surface area (Å²) in [6.45, 7) is 9.81. The lowest BCUT2D eigenvalue weighted by atomic mass is 9.37. The van der Waals surface area contributed by atoms with Crippen molar-refractivity contribution in [3.05, 3.63) is 0 Å². The molecule has 7 nitrogen and oxygen atoms in total. The third-order valence-electron chi connectivity index (χ3n) is 9.54. The lowest BCUT2D eigenvalue weighted by Crippen LogP contribution is -2.68. The number of hydrogen-bond donors (Lipinski definition) is 0. The van der Waals surface area contributed by atoms with Gasteiger partial charge in [-0.2, -0.15) is 0 Å². The number of fused-ring (bicyclic) bond motifs is 2. The van der Waals surface area contributed by atoms with Crippen molar-refractivity contribution in [3.63, 3.8) is 0 Å². The molecule has 3 aliphatic carbocycles. The van der Waals surface area contributed by atoms with Gasteiger partial charge in [0.1, 0.15) is 6.10 Å². The number of esters is 3. The molecular formula is C24H34O7. The smallest absolute Gasteiger partial charge is 0.311 e. The highest BCUT2D eigenvalue weighted by molar-refractivity contribution is 5.76. The van der Waals surface area contributed by atoms with Crippen LogP contribution in [0.3, 0.4) is 0 Å². The van der Waals surface area contributed by atoms with Crippen LogP contribution in [0.2, 0.25) is 0 Å². The second-order valence-corrected chi connectivity index (χ2v) is 11.4. The van der Waals surface area contributed by atoms with Crippen LogP contribution in [0.1, 0.15) is 73.1 Å². The van der Waals surface area contributed by atoms with Crippen LogP contribution in [0.4, 0.5) is 0 Å². The van der Waals surface area contributed by atoms with E-state index >= 15 is 0 Å². The average Bonchev–Trinajstić information content (AvgIpc) is 3.13. The van der Waals surface area contributed by atoms with Crippen LogP contribution in [0.5, 0.6) is 0 Å². The molecule has 1 spiro atoms. The summed E-state index contributed by atoms with van der Waals surface area (Å²) >= 11 is 0. The maximum absolute atomic E-state index is 12.7. The Morgan fingerprint density at radius 3 is 2.39 bits per heavy atom. The van der Waals surface area contributed by atoms with Gasteiger partial charge in [-0.25, -0.2) is 0 Å². The van der Waals surface area contributed by atoms with Gasteiger partial charge in [0.25, 0.3) is 0 Å². The first kappa shape index (κ1) is 21.2. The number of hydrogen-bond acceptors (Lipinski definition) is 7. The molecule has 1 unspecified atom stereocenters. The number of rotatable bonds is 2. The molecule has 3 saturated carbocycles. The Morgan fingerprint density at radius 1 is 1.00 bits per heavy atom. The molecule has 2 aliphatic heterocycles. The van der Waals surface area contributed by atoms with E-state index < -0.39 is 30.1 Å². The van der Waals surface area contributed by atoms with Gasteiger partial charge in [-0.15, -0.1) is 0 Å². The summed E-state index contributed by atoms with van der Waals surface area (Å²) in [5.74, 6) is -1.15. The standard InChI is InChI=1S/C24H34O7/c1-12(25)28-17-11-16-22(3,4)9-6-10-23(16,5)15-8-7-14-18-20(30-19(14)27)31-21(24(15,17)18)29-13(2)26/h14-18,20-21H,6-11H2,1-5H3/t14-,15-,16+,17-,18+,20?,21-,23-,24-/m1/s1. The third kappa shape index (κ3) is 2.71. The van der Waals surface area contributed by atoms with Crippen molar-refractivity contribution < 1.29 is 33.3 Å². The largest absolute Gasteiger partial charge is 0.462 e. The molecule has 2 saturated heterocycles. The van der Waals surface area contributed by atoms with Crippen molar-refractivity contribution >= 4 is 17.9 Å². The molecule has 9 atom stereocenters. The monoisotopic (exact) mass is 434 g/mol. The number of carbonyl (C=O) groups is 3. The molecule has 5 fully saturated rings. The van der Waals surface area contributed by atoms with Crippen molar-refractivity contribution in [1.29, 1.82) is 0 Å². The zero-order valence-corrected chi connectivity index (χ0v) is 19.1. The molecule has 31 heavy (non-hydrogen) atoms. The SMILES string of the molecule is CC(=O)O[C@@H]1OC2OC(=O)[C@@H]3CC[C@@H]4[C@@]5(C)CCCC(C)(C)[C@@H]5C[C@@H](OC(C)=O)[C@]14[C@H]23. The highest BCUT2D eigenvalue weighted by Crippen LogP contribution is 2.74. The lowest BCUT2D eigenvalue weighted by molar-refractivity contribution is -0.283. The normalized spacial score (nSPS) is 49.3. The van der Waals surface area contributed by atoms with Gasteiger partial charge >= 0.3 is 17.9 Å². The molecule has 0 radical (unpaired) electrons. The summed E-state index contributed by atoms with van der Waals surface area (Å²) in [4.78, 5) is 37.0. The van der Waals surface area contributed by atoms with Gasteiger partial charge in [-0.1, -0.05) is 27.2 Å². The highest BCUT2D eigenvalue weighted by atomic mass is 16.8. The van der Waals surface area contributed by atoms with Gasteiger partial charge in [0, 0.05) is 13.8 Å². The number of carbonyl (C=O) groups excluding carboxylic acids is 3. The zero-order chi connectivity index (χ0) is 22.3.